The van der Waals surface area contributed by atoms with Gasteiger partial charge in [-0.25, -0.2) is 0 Å². The molecule has 0 aliphatic heterocycles. The van der Waals surface area contributed by atoms with Gasteiger partial charge in [0.25, 0.3) is 0 Å². The van der Waals surface area contributed by atoms with Crippen molar-refractivity contribution >= 4 is 0 Å². The lowest BCUT2D eigenvalue weighted by molar-refractivity contribution is 0.138. The summed E-state index contributed by atoms with van der Waals surface area (Å²) in [6.07, 6.45) is 13.2. The molecule has 0 aromatic carbocycles. The molecule has 2 rings (SSSR count). The van der Waals surface area contributed by atoms with E-state index in [0.29, 0.717) is 0 Å². The predicted molar refractivity (Wildman–Crippen MR) is 79.7 cm³/mol. The Bertz CT molecular complexity index is 230. The van der Waals surface area contributed by atoms with E-state index in [4.69, 9.17) is 0 Å². The van der Waals surface area contributed by atoms with E-state index < -0.39 is 0 Å². The smallest absolute Gasteiger partial charge is 0.0121 e. The molecule has 18 heavy (non-hydrogen) atoms. The monoisotopic (exact) mass is 251 g/mol. The third-order valence-electron chi connectivity index (χ3n) is 5.89. The molecule has 4 atom stereocenters. The summed E-state index contributed by atoms with van der Waals surface area (Å²) < 4.78 is 0. The summed E-state index contributed by atoms with van der Waals surface area (Å²) in [6, 6.07) is 0.804. The Kier molecular flexibility index (Phi) is 5.54. The van der Waals surface area contributed by atoms with Crippen LogP contribution in [0.5, 0.6) is 0 Å². The first kappa shape index (κ1) is 14.4. The van der Waals surface area contributed by atoms with Crippen molar-refractivity contribution in [3.8, 4) is 0 Å². The van der Waals surface area contributed by atoms with Gasteiger partial charge in [-0.3, -0.25) is 0 Å². The van der Waals surface area contributed by atoms with Crippen LogP contribution in [-0.4, -0.2) is 13.1 Å². The molecule has 1 nitrogen and oxygen atoms in total. The highest BCUT2D eigenvalue weighted by atomic mass is 14.9. The maximum atomic E-state index is 3.70. The summed E-state index contributed by atoms with van der Waals surface area (Å²) in [5.74, 6) is 3.80. The SMILES string of the molecule is CNC(C1CCCCCC1)C1CCC(C)C(C)C1. The van der Waals surface area contributed by atoms with Gasteiger partial charge in [-0.15, -0.1) is 0 Å². The first-order valence-corrected chi connectivity index (χ1v) is 8.39. The Morgan fingerprint density at radius 1 is 0.778 bits per heavy atom. The molecule has 1 heteroatoms. The van der Waals surface area contributed by atoms with Gasteiger partial charge in [0.15, 0.2) is 0 Å². The molecule has 2 aliphatic rings. The molecule has 0 amide bonds. The van der Waals surface area contributed by atoms with E-state index in [1.807, 2.05) is 0 Å². The summed E-state index contributed by atoms with van der Waals surface area (Å²) in [7, 11) is 2.21. The fraction of sp³-hybridized carbons (Fsp3) is 1.00. The average Bonchev–Trinajstić information content (AvgIpc) is 2.64. The van der Waals surface area contributed by atoms with Gasteiger partial charge in [0, 0.05) is 6.04 Å². The zero-order chi connectivity index (χ0) is 13.0. The van der Waals surface area contributed by atoms with Crippen LogP contribution < -0.4 is 5.32 Å². The Hall–Kier alpha value is -0.0400. The van der Waals surface area contributed by atoms with Gasteiger partial charge >= 0.3 is 0 Å². The van der Waals surface area contributed by atoms with Crippen molar-refractivity contribution in [1.82, 2.24) is 5.32 Å². The van der Waals surface area contributed by atoms with E-state index in [1.165, 1.54) is 57.8 Å². The molecule has 0 radical (unpaired) electrons. The number of hydrogen-bond donors (Lipinski definition) is 1. The average molecular weight is 251 g/mol. The van der Waals surface area contributed by atoms with Gasteiger partial charge in [-0.05, 0) is 56.4 Å². The first-order chi connectivity index (χ1) is 8.72. The van der Waals surface area contributed by atoms with Gasteiger partial charge in [0.05, 0.1) is 0 Å². The molecule has 2 fully saturated rings. The van der Waals surface area contributed by atoms with Gasteiger partial charge in [0.1, 0.15) is 0 Å². The molecule has 4 unspecified atom stereocenters. The largest absolute Gasteiger partial charge is 0.316 e. The zero-order valence-corrected chi connectivity index (χ0v) is 12.8. The predicted octanol–water partition coefficient (Wildman–Crippen LogP) is 4.62. The van der Waals surface area contributed by atoms with Crippen LogP contribution in [0.3, 0.4) is 0 Å². The van der Waals surface area contributed by atoms with Crippen molar-refractivity contribution in [2.75, 3.05) is 7.05 Å². The van der Waals surface area contributed by atoms with E-state index in [2.05, 4.69) is 26.2 Å². The molecular weight excluding hydrogens is 218 g/mol. The minimum atomic E-state index is 0.804. The van der Waals surface area contributed by atoms with Crippen LogP contribution in [0.1, 0.15) is 71.6 Å². The second-order valence-corrected chi connectivity index (χ2v) is 7.09. The topological polar surface area (TPSA) is 12.0 Å². The van der Waals surface area contributed by atoms with E-state index >= 15 is 0 Å². The lowest BCUT2D eigenvalue weighted by Crippen LogP contribution is -2.43. The van der Waals surface area contributed by atoms with Crippen LogP contribution in [0, 0.1) is 23.7 Å². The van der Waals surface area contributed by atoms with Crippen LogP contribution >= 0.6 is 0 Å². The maximum Gasteiger partial charge on any atom is 0.0121 e. The lowest BCUT2D eigenvalue weighted by atomic mass is 9.70. The van der Waals surface area contributed by atoms with Gasteiger partial charge in [0.2, 0.25) is 0 Å². The lowest BCUT2D eigenvalue weighted by Gasteiger charge is -2.40. The Labute approximate surface area is 114 Å². The minimum absolute atomic E-state index is 0.804. The normalized spacial score (nSPS) is 37.2. The number of hydrogen-bond acceptors (Lipinski definition) is 1. The number of rotatable bonds is 3. The molecule has 1 N–H and O–H groups in total. The van der Waals surface area contributed by atoms with Crippen molar-refractivity contribution in [1.29, 1.82) is 0 Å². The Balaban J connectivity index is 1.94. The van der Waals surface area contributed by atoms with E-state index in [1.54, 1.807) is 0 Å². The van der Waals surface area contributed by atoms with Crippen LogP contribution in [0.15, 0.2) is 0 Å². The molecule has 2 aliphatic carbocycles. The Morgan fingerprint density at radius 2 is 1.44 bits per heavy atom. The van der Waals surface area contributed by atoms with Crippen molar-refractivity contribution in [3.63, 3.8) is 0 Å². The van der Waals surface area contributed by atoms with Gasteiger partial charge in [-0.2, -0.15) is 0 Å². The molecule has 0 heterocycles. The van der Waals surface area contributed by atoms with Gasteiger partial charge < -0.3 is 5.32 Å². The highest BCUT2D eigenvalue weighted by molar-refractivity contribution is 4.88. The molecule has 0 aromatic heterocycles. The molecule has 0 bridgehead atoms. The first-order valence-electron chi connectivity index (χ1n) is 8.39. The van der Waals surface area contributed by atoms with Crippen molar-refractivity contribution in [2.24, 2.45) is 23.7 Å². The van der Waals surface area contributed by atoms with E-state index in [9.17, 15) is 0 Å². The molecule has 0 spiro atoms. The zero-order valence-electron chi connectivity index (χ0n) is 12.8. The summed E-state index contributed by atoms with van der Waals surface area (Å²) in [5, 5.41) is 3.70. The molecule has 0 saturated heterocycles. The quantitative estimate of drug-likeness (QED) is 0.722. The van der Waals surface area contributed by atoms with Crippen LogP contribution in [0.2, 0.25) is 0 Å². The molecule has 106 valence electrons. The van der Waals surface area contributed by atoms with Crippen molar-refractivity contribution < 1.29 is 0 Å². The third kappa shape index (κ3) is 3.50. The van der Waals surface area contributed by atoms with Crippen molar-refractivity contribution in [3.05, 3.63) is 0 Å². The van der Waals surface area contributed by atoms with Gasteiger partial charge in [-0.1, -0.05) is 46.0 Å². The van der Waals surface area contributed by atoms with Crippen LogP contribution in [-0.2, 0) is 0 Å². The second kappa shape index (κ2) is 6.93. The summed E-state index contributed by atoms with van der Waals surface area (Å²) in [5.41, 5.74) is 0. The van der Waals surface area contributed by atoms with E-state index in [-0.39, 0.29) is 0 Å². The standard InChI is InChI=1S/C17H33N/c1-13-10-11-16(12-14(13)2)17(18-3)15-8-6-4-5-7-9-15/h13-18H,4-12H2,1-3H3. The third-order valence-corrected chi connectivity index (χ3v) is 5.89. The maximum absolute atomic E-state index is 3.70. The van der Waals surface area contributed by atoms with E-state index in [0.717, 1.165) is 29.7 Å². The fourth-order valence-corrected chi connectivity index (χ4v) is 4.44. The number of nitrogens with one attached hydrogen (secondary N) is 1. The highest BCUT2D eigenvalue weighted by Gasteiger charge is 2.33. The summed E-state index contributed by atoms with van der Waals surface area (Å²) in [6.45, 7) is 4.91. The van der Waals surface area contributed by atoms with Crippen LogP contribution in [0.4, 0.5) is 0 Å². The highest BCUT2D eigenvalue weighted by Crippen LogP contribution is 2.39. The molecular formula is C17H33N. The fourth-order valence-electron chi connectivity index (χ4n) is 4.44. The van der Waals surface area contributed by atoms with Crippen LogP contribution in [0.25, 0.3) is 0 Å². The van der Waals surface area contributed by atoms with Crippen molar-refractivity contribution in [2.45, 2.75) is 77.7 Å². The summed E-state index contributed by atoms with van der Waals surface area (Å²) >= 11 is 0. The second-order valence-electron chi connectivity index (χ2n) is 7.09. The molecule has 0 aromatic rings. The Morgan fingerprint density at radius 3 is 2.00 bits per heavy atom. The minimum Gasteiger partial charge on any atom is -0.316 e. The summed E-state index contributed by atoms with van der Waals surface area (Å²) in [4.78, 5) is 0. The molecule has 2 saturated carbocycles.